The average molecular weight is 348 g/mol. The van der Waals surface area contributed by atoms with Crippen LogP contribution >= 0.6 is 35.3 Å². The predicted molar refractivity (Wildman–Crippen MR) is 99.2 cm³/mol. The largest absolute Gasteiger partial charge is 0.324 e. The molecule has 3 rings (SSSR count). The first kappa shape index (κ1) is 15.8. The molecule has 0 aromatic heterocycles. The molecule has 1 amide bonds. The summed E-state index contributed by atoms with van der Waals surface area (Å²) in [7, 11) is 0. The van der Waals surface area contributed by atoms with Crippen molar-refractivity contribution < 1.29 is 4.79 Å². The summed E-state index contributed by atoms with van der Waals surface area (Å²) in [4.78, 5) is 14.7. The second-order valence-corrected chi connectivity index (χ2v) is 8.41. The Morgan fingerprint density at radius 1 is 1.05 bits per heavy atom. The van der Waals surface area contributed by atoms with Gasteiger partial charge in [-0.3, -0.25) is 4.79 Å². The molecule has 1 aliphatic heterocycles. The maximum Gasteiger partial charge on any atom is 0.238 e. The van der Waals surface area contributed by atoms with Gasteiger partial charge >= 0.3 is 0 Å². The van der Waals surface area contributed by atoms with Crippen molar-refractivity contribution in [3.63, 3.8) is 0 Å². The van der Waals surface area contributed by atoms with Crippen LogP contribution in [0, 0.1) is 0 Å². The molecular weight excluding hydrogens is 330 g/mol. The molecule has 2 aromatic carbocycles. The fourth-order valence-corrected chi connectivity index (χ4v) is 5.61. The molecule has 0 radical (unpaired) electrons. The third kappa shape index (κ3) is 4.24. The molecule has 0 aliphatic carbocycles. The van der Waals surface area contributed by atoms with Gasteiger partial charge in [-0.1, -0.05) is 42.1 Å². The second kappa shape index (κ2) is 7.99. The van der Waals surface area contributed by atoms with Gasteiger partial charge in [0, 0.05) is 27.0 Å². The highest BCUT2D eigenvalue weighted by atomic mass is 32.2. The molecule has 114 valence electrons. The van der Waals surface area contributed by atoms with Crippen LogP contribution in [0.3, 0.4) is 0 Å². The van der Waals surface area contributed by atoms with E-state index in [1.54, 1.807) is 23.5 Å². The number of carbonyl (C=O) groups is 1. The van der Waals surface area contributed by atoms with Gasteiger partial charge in [0.1, 0.15) is 0 Å². The summed E-state index contributed by atoms with van der Waals surface area (Å²) in [5, 5.41) is 3.17. The molecule has 5 heteroatoms. The lowest BCUT2D eigenvalue weighted by molar-refractivity contribution is -0.115. The maximum atomic E-state index is 12.4. The number of carbonyl (C=O) groups excluding carboxylic acids is 1. The van der Waals surface area contributed by atoms with Crippen LogP contribution in [0.5, 0.6) is 0 Å². The van der Waals surface area contributed by atoms with Crippen LogP contribution in [0.4, 0.5) is 5.69 Å². The SMILES string of the molecule is O=C(Nc1ccccc1Sc1ccccc1)C1CSCCS1. The molecule has 1 N–H and O–H groups in total. The van der Waals surface area contributed by atoms with Crippen molar-refractivity contribution in [2.75, 3.05) is 22.6 Å². The van der Waals surface area contributed by atoms with Gasteiger partial charge in [-0.05, 0) is 24.3 Å². The lowest BCUT2D eigenvalue weighted by Crippen LogP contribution is -2.30. The first-order valence-electron chi connectivity index (χ1n) is 7.15. The van der Waals surface area contributed by atoms with E-state index in [1.165, 1.54) is 4.90 Å². The van der Waals surface area contributed by atoms with Crippen LogP contribution in [0.15, 0.2) is 64.4 Å². The Hall–Kier alpha value is -1.04. The molecule has 1 atom stereocenters. The smallest absolute Gasteiger partial charge is 0.238 e. The standard InChI is InChI=1S/C17H17NOS3/c19-17(16-12-20-10-11-21-16)18-14-8-4-5-9-15(14)22-13-6-2-1-3-7-13/h1-9,16H,10-12H2,(H,18,19). The third-order valence-corrected chi connectivity index (χ3v) is 7.06. The molecule has 2 nitrogen and oxygen atoms in total. The van der Waals surface area contributed by atoms with E-state index < -0.39 is 0 Å². The van der Waals surface area contributed by atoms with Gasteiger partial charge in [-0.15, -0.1) is 11.8 Å². The van der Waals surface area contributed by atoms with Crippen LogP contribution in [0.2, 0.25) is 0 Å². The highest BCUT2D eigenvalue weighted by Gasteiger charge is 2.22. The molecule has 1 heterocycles. The van der Waals surface area contributed by atoms with Crippen LogP contribution in [0.1, 0.15) is 0 Å². The summed E-state index contributed by atoms with van der Waals surface area (Å²) in [5.74, 6) is 3.24. The zero-order chi connectivity index (χ0) is 15.2. The molecule has 1 aliphatic rings. The van der Waals surface area contributed by atoms with E-state index in [1.807, 2.05) is 48.2 Å². The minimum Gasteiger partial charge on any atom is -0.324 e. The predicted octanol–water partition coefficient (Wildman–Crippen LogP) is 4.62. The second-order valence-electron chi connectivity index (χ2n) is 4.83. The highest BCUT2D eigenvalue weighted by Crippen LogP contribution is 2.34. The number of para-hydroxylation sites is 1. The number of hydrogen-bond acceptors (Lipinski definition) is 4. The number of anilines is 1. The first-order valence-corrected chi connectivity index (χ1v) is 10.2. The lowest BCUT2D eigenvalue weighted by Gasteiger charge is -2.21. The van der Waals surface area contributed by atoms with Gasteiger partial charge in [0.05, 0.1) is 10.9 Å². The van der Waals surface area contributed by atoms with E-state index in [2.05, 4.69) is 23.5 Å². The van der Waals surface area contributed by atoms with Crippen LogP contribution in [-0.2, 0) is 4.79 Å². The molecule has 0 bridgehead atoms. The Morgan fingerprint density at radius 3 is 2.59 bits per heavy atom. The number of rotatable bonds is 4. The van der Waals surface area contributed by atoms with E-state index in [0.29, 0.717) is 0 Å². The molecule has 1 saturated heterocycles. The fourth-order valence-electron chi connectivity index (χ4n) is 2.13. The van der Waals surface area contributed by atoms with Gasteiger partial charge in [0.25, 0.3) is 0 Å². The highest BCUT2D eigenvalue weighted by molar-refractivity contribution is 8.07. The molecular formula is C17H17NOS3. The zero-order valence-electron chi connectivity index (χ0n) is 12.0. The Morgan fingerprint density at radius 2 is 1.82 bits per heavy atom. The summed E-state index contributed by atoms with van der Waals surface area (Å²) >= 11 is 5.30. The van der Waals surface area contributed by atoms with Gasteiger partial charge in [-0.2, -0.15) is 11.8 Å². The lowest BCUT2D eigenvalue weighted by atomic mass is 10.3. The van der Waals surface area contributed by atoms with Crippen molar-refractivity contribution >= 4 is 46.9 Å². The van der Waals surface area contributed by atoms with Crippen molar-refractivity contribution in [2.24, 2.45) is 0 Å². The number of amides is 1. The minimum absolute atomic E-state index is 0.0635. The number of hydrogen-bond donors (Lipinski definition) is 1. The Kier molecular flexibility index (Phi) is 5.76. The summed E-state index contributed by atoms with van der Waals surface area (Å²) in [6.45, 7) is 0. The van der Waals surface area contributed by atoms with Gasteiger partial charge in [-0.25, -0.2) is 0 Å². The topological polar surface area (TPSA) is 29.1 Å². The Labute approximate surface area is 143 Å². The molecule has 0 spiro atoms. The monoisotopic (exact) mass is 347 g/mol. The quantitative estimate of drug-likeness (QED) is 0.873. The van der Waals surface area contributed by atoms with Gasteiger partial charge in [0.15, 0.2) is 0 Å². The van der Waals surface area contributed by atoms with Crippen molar-refractivity contribution in [2.45, 2.75) is 15.0 Å². The molecule has 0 saturated carbocycles. The molecule has 22 heavy (non-hydrogen) atoms. The Balaban J connectivity index is 1.72. The van der Waals surface area contributed by atoms with Crippen LogP contribution in [-0.4, -0.2) is 28.4 Å². The van der Waals surface area contributed by atoms with Crippen LogP contribution < -0.4 is 5.32 Å². The van der Waals surface area contributed by atoms with Crippen molar-refractivity contribution in [3.05, 3.63) is 54.6 Å². The van der Waals surface area contributed by atoms with Crippen molar-refractivity contribution in [1.82, 2.24) is 0 Å². The van der Waals surface area contributed by atoms with Crippen LogP contribution in [0.25, 0.3) is 0 Å². The fraction of sp³-hybridized carbons (Fsp3) is 0.235. The maximum absolute atomic E-state index is 12.4. The molecule has 1 unspecified atom stereocenters. The van der Waals surface area contributed by atoms with E-state index >= 15 is 0 Å². The number of thioether (sulfide) groups is 2. The van der Waals surface area contributed by atoms with Gasteiger partial charge in [0.2, 0.25) is 5.91 Å². The third-order valence-electron chi connectivity index (χ3n) is 3.22. The average Bonchev–Trinajstić information content (AvgIpc) is 2.58. The van der Waals surface area contributed by atoms with E-state index in [4.69, 9.17) is 0 Å². The minimum atomic E-state index is 0.0635. The van der Waals surface area contributed by atoms with Crippen molar-refractivity contribution in [1.29, 1.82) is 0 Å². The zero-order valence-corrected chi connectivity index (χ0v) is 14.5. The summed E-state index contributed by atoms with van der Waals surface area (Å²) in [6.07, 6.45) is 0. The molecule has 2 aromatic rings. The van der Waals surface area contributed by atoms with E-state index in [9.17, 15) is 4.79 Å². The normalized spacial score (nSPS) is 17.9. The van der Waals surface area contributed by atoms with E-state index in [-0.39, 0.29) is 11.2 Å². The Bertz CT molecular complexity index is 627. The van der Waals surface area contributed by atoms with Gasteiger partial charge < -0.3 is 5.32 Å². The molecule has 1 fully saturated rings. The first-order chi connectivity index (χ1) is 10.8. The van der Waals surface area contributed by atoms with Crippen molar-refractivity contribution in [3.8, 4) is 0 Å². The number of nitrogens with one attached hydrogen (secondary N) is 1. The summed E-state index contributed by atoms with van der Waals surface area (Å²) in [6, 6.07) is 18.2. The summed E-state index contributed by atoms with van der Waals surface area (Å²) < 4.78 is 0. The number of benzene rings is 2. The van der Waals surface area contributed by atoms with E-state index in [0.717, 1.165) is 27.8 Å². The summed E-state index contributed by atoms with van der Waals surface area (Å²) in [5.41, 5.74) is 0.900.